The molecule has 6 nitrogen and oxygen atoms in total. The zero-order valence-corrected chi connectivity index (χ0v) is 13.1. The Kier molecular flexibility index (Phi) is 4.58. The fraction of sp³-hybridized carbons (Fsp3) is 0.125. The summed E-state index contributed by atoms with van der Waals surface area (Å²) >= 11 is 1.44. The monoisotopic (exact) mass is 330 g/mol. The Morgan fingerprint density at radius 3 is 2.83 bits per heavy atom. The summed E-state index contributed by atoms with van der Waals surface area (Å²) in [5, 5.41) is 5.74. The lowest BCUT2D eigenvalue weighted by molar-refractivity contribution is 0.0432. The van der Waals surface area contributed by atoms with E-state index in [9.17, 15) is 4.79 Å². The first-order valence-electron chi connectivity index (χ1n) is 6.81. The summed E-state index contributed by atoms with van der Waals surface area (Å²) in [5.74, 6) is 0.463. The van der Waals surface area contributed by atoms with Crippen molar-refractivity contribution < 1.29 is 18.7 Å². The van der Waals surface area contributed by atoms with Crippen LogP contribution in [0.4, 0.5) is 10.8 Å². The van der Waals surface area contributed by atoms with E-state index in [-0.39, 0.29) is 12.4 Å². The average molecular weight is 330 g/mol. The molecule has 23 heavy (non-hydrogen) atoms. The Balaban J connectivity index is 1.56. The number of methoxy groups -OCH3 is 1. The second kappa shape index (κ2) is 6.97. The minimum Gasteiger partial charge on any atom is -0.497 e. The molecule has 0 spiro atoms. The molecule has 0 bridgehead atoms. The van der Waals surface area contributed by atoms with Gasteiger partial charge in [-0.2, -0.15) is 0 Å². The van der Waals surface area contributed by atoms with Gasteiger partial charge in [0, 0.05) is 11.1 Å². The lowest BCUT2D eigenvalue weighted by Crippen LogP contribution is -2.04. The molecule has 1 N–H and O–H groups in total. The van der Waals surface area contributed by atoms with E-state index >= 15 is 0 Å². The zero-order chi connectivity index (χ0) is 16.1. The van der Waals surface area contributed by atoms with E-state index in [1.165, 1.54) is 17.6 Å². The fourth-order valence-electron chi connectivity index (χ4n) is 1.83. The number of benzene rings is 1. The highest BCUT2D eigenvalue weighted by molar-refractivity contribution is 7.13. The van der Waals surface area contributed by atoms with Crippen LogP contribution in [0.15, 0.2) is 52.5 Å². The number of rotatable bonds is 6. The van der Waals surface area contributed by atoms with Crippen LogP contribution in [0.1, 0.15) is 16.2 Å². The molecule has 0 atom stereocenters. The van der Waals surface area contributed by atoms with Crippen molar-refractivity contribution in [2.45, 2.75) is 6.61 Å². The number of ether oxygens (including phenoxy) is 2. The largest absolute Gasteiger partial charge is 0.497 e. The number of nitrogens with zero attached hydrogens (tertiary/aromatic N) is 1. The van der Waals surface area contributed by atoms with E-state index in [1.807, 2.05) is 29.6 Å². The molecule has 3 rings (SSSR count). The van der Waals surface area contributed by atoms with Crippen molar-refractivity contribution in [3.05, 3.63) is 59.5 Å². The number of furan rings is 1. The molecule has 0 aliphatic carbocycles. The molecule has 2 heterocycles. The number of esters is 1. The van der Waals surface area contributed by atoms with Gasteiger partial charge in [-0.05, 0) is 36.4 Å². The van der Waals surface area contributed by atoms with Gasteiger partial charge in [0.1, 0.15) is 12.4 Å². The molecule has 7 heteroatoms. The molecule has 0 saturated heterocycles. The predicted molar refractivity (Wildman–Crippen MR) is 86.2 cm³/mol. The van der Waals surface area contributed by atoms with E-state index in [0.717, 1.165) is 16.6 Å². The predicted octanol–water partition coefficient (Wildman–Crippen LogP) is 3.85. The number of aromatic nitrogens is 1. The van der Waals surface area contributed by atoms with E-state index in [2.05, 4.69) is 10.3 Å². The van der Waals surface area contributed by atoms with Gasteiger partial charge < -0.3 is 19.2 Å². The third-order valence-corrected chi connectivity index (χ3v) is 3.77. The van der Waals surface area contributed by atoms with Gasteiger partial charge in [-0.1, -0.05) is 0 Å². The molecule has 3 aromatic rings. The molecule has 0 amide bonds. The molecule has 118 valence electrons. The maximum atomic E-state index is 11.7. The number of carbonyl (C=O) groups excluding carboxylic acids is 1. The number of thiazole rings is 1. The average Bonchev–Trinajstić information content (AvgIpc) is 3.25. The maximum Gasteiger partial charge on any atom is 0.374 e. The first-order valence-corrected chi connectivity index (χ1v) is 7.68. The molecule has 2 aromatic heterocycles. The van der Waals surface area contributed by atoms with Gasteiger partial charge in [0.05, 0.1) is 19.1 Å². The van der Waals surface area contributed by atoms with Crippen molar-refractivity contribution in [2.24, 2.45) is 0 Å². The minimum atomic E-state index is -0.507. The van der Waals surface area contributed by atoms with Crippen molar-refractivity contribution in [3.8, 4) is 5.75 Å². The molecular formula is C16H14N2O4S. The first kappa shape index (κ1) is 15.1. The Morgan fingerprint density at radius 2 is 2.13 bits per heavy atom. The molecule has 0 radical (unpaired) electrons. The highest BCUT2D eigenvalue weighted by atomic mass is 32.1. The normalized spacial score (nSPS) is 10.3. The van der Waals surface area contributed by atoms with Crippen molar-refractivity contribution >= 4 is 28.1 Å². The van der Waals surface area contributed by atoms with Crippen molar-refractivity contribution in [1.29, 1.82) is 0 Å². The highest BCUT2D eigenvalue weighted by Gasteiger charge is 2.11. The van der Waals surface area contributed by atoms with Gasteiger partial charge in [0.2, 0.25) is 5.76 Å². The lowest BCUT2D eigenvalue weighted by atomic mass is 10.3. The van der Waals surface area contributed by atoms with Gasteiger partial charge in [-0.25, -0.2) is 9.78 Å². The summed E-state index contributed by atoms with van der Waals surface area (Å²) in [6, 6.07) is 10.7. The van der Waals surface area contributed by atoms with E-state index in [0.29, 0.717) is 5.69 Å². The quantitative estimate of drug-likeness (QED) is 0.692. The molecule has 0 aliphatic heterocycles. The lowest BCUT2D eigenvalue weighted by Gasteiger charge is -2.04. The van der Waals surface area contributed by atoms with Crippen molar-refractivity contribution in [1.82, 2.24) is 4.98 Å². The SMILES string of the molecule is COc1ccc(Nc2nc(COC(=O)c3ccco3)cs2)cc1. The number of hydrogen-bond acceptors (Lipinski definition) is 7. The Hall–Kier alpha value is -2.80. The van der Waals surface area contributed by atoms with Crippen molar-refractivity contribution in [3.63, 3.8) is 0 Å². The molecule has 0 saturated carbocycles. The van der Waals surface area contributed by atoms with Crippen LogP contribution >= 0.6 is 11.3 Å². The van der Waals surface area contributed by atoms with Crippen LogP contribution in [0, 0.1) is 0 Å². The number of anilines is 2. The number of carbonyl (C=O) groups is 1. The van der Waals surface area contributed by atoms with Crippen LogP contribution in [0.5, 0.6) is 5.75 Å². The Morgan fingerprint density at radius 1 is 1.30 bits per heavy atom. The van der Waals surface area contributed by atoms with Crippen LogP contribution in [-0.2, 0) is 11.3 Å². The number of nitrogens with one attached hydrogen (secondary N) is 1. The smallest absolute Gasteiger partial charge is 0.374 e. The van der Waals surface area contributed by atoms with Crippen molar-refractivity contribution in [2.75, 3.05) is 12.4 Å². The Bertz CT molecular complexity index is 766. The van der Waals surface area contributed by atoms with E-state index < -0.39 is 5.97 Å². The standard InChI is InChI=1S/C16H14N2O4S/c1-20-13-6-4-11(5-7-13)17-16-18-12(10-23-16)9-22-15(19)14-3-2-8-21-14/h2-8,10H,9H2,1H3,(H,17,18). The third-order valence-electron chi connectivity index (χ3n) is 2.97. The van der Waals surface area contributed by atoms with E-state index in [1.54, 1.807) is 19.2 Å². The van der Waals surface area contributed by atoms with Crippen LogP contribution < -0.4 is 10.1 Å². The molecule has 1 aromatic carbocycles. The van der Waals surface area contributed by atoms with Gasteiger partial charge in [0.15, 0.2) is 5.13 Å². The summed E-state index contributed by atoms with van der Waals surface area (Å²) in [7, 11) is 1.62. The zero-order valence-electron chi connectivity index (χ0n) is 12.3. The van der Waals surface area contributed by atoms with Crippen LogP contribution in [-0.4, -0.2) is 18.1 Å². The minimum absolute atomic E-state index is 0.0975. The van der Waals surface area contributed by atoms with Gasteiger partial charge in [-0.3, -0.25) is 0 Å². The molecule has 0 fully saturated rings. The van der Waals surface area contributed by atoms with Crippen LogP contribution in [0.3, 0.4) is 0 Å². The topological polar surface area (TPSA) is 73.6 Å². The highest BCUT2D eigenvalue weighted by Crippen LogP contribution is 2.23. The fourth-order valence-corrected chi connectivity index (χ4v) is 2.55. The summed E-state index contributed by atoms with van der Waals surface area (Å²) in [6.45, 7) is 0.0975. The maximum absolute atomic E-state index is 11.7. The second-order valence-electron chi connectivity index (χ2n) is 4.55. The van der Waals surface area contributed by atoms with Gasteiger partial charge >= 0.3 is 5.97 Å². The summed E-state index contributed by atoms with van der Waals surface area (Å²) in [5.41, 5.74) is 1.57. The summed E-state index contributed by atoms with van der Waals surface area (Å²) in [6.07, 6.45) is 1.43. The van der Waals surface area contributed by atoms with Crippen LogP contribution in [0.25, 0.3) is 0 Å². The van der Waals surface area contributed by atoms with Gasteiger partial charge in [-0.15, -0.1) is 11.3 Å². The second-order valence-corrected chi connectivity index (χ2v) is 5.41. The molecule has 0 aliphatic rings. The number of hydrogen-bond donors (Lipinski definition) is 1. The summed E-state index contributed by atoms with van der Waals surface area (Å²) in [4.78, 5) is 16.0. The van der Waals surface area contributed by atoms with Crippen LogP contribution in [0.2, 0.25) is 0 Å². The van der Waals surface area contributed by atoms with E-state index in [4.69, 9.17) is 13.9 Å². The summed E-state index contributed by atoms with van der Waals surface area (Å²) < 4.78 is 15.2. The van der Waals surface area contributed by atoms with Gasteiger partial charge in [0.25, 0.3) is 0 Å². The Labute approximate surface area is 136 Å². The first-order chi connectivity index (χ1) is 11.2. The molecular weight excluding hydrogens is 316 g/mol. The molecule has 0 unspecified atom stereocenters. The third kappa shape index (κ3) is 3.89.